The highest BCUT2D eigenvalue weighted by Crippen LogP contribution is 2.29. The van der Waals surface area contributed by atoms with Crippen LogP contribution in [0.3, 0.4) is 0 Å². The van der Waals surface area contributed by atoms with Gasteiger partial charge in [-0.3, -0.25) is 4.99 Å². The Hall–Kier alpha value is -2.55. The normalized spacial score (nSPS) is 11.6. The molecule has 0 atom stereocenters. The van der Waals surface area contributed by atoms with Crippen LogP contribution in [0.5, 0.6) is 5.88 Å². The van der Waals surface area contributed by atoms with Crippen molar-refractivity contribution in [3.8, 4) is 5.88 Å². The monoisotopic (exact) mass is 278 g/mol. The zero-order valence-electron chi connectivity index (χ0n) is 12.5. The molecular formula is C18H18N2O. The highest BCUT2D eigenvalue weighted by Gasteiger charge is 2.11. The number of benzene rings is 2. The molecule has 0 aliphatic rings. The molecule has 0 unspecified atom stereocenters. The number of para-hydroxylation sites is 1. The Kier molecular flexibility index (Phi) is 3.26. The van der Waals surface area contributed by atoms with E-state index < -0.39 is 0 Å². The first-order valence-corrected chi connectivity index (χ1v) is 6.95. The van der Waals surface area contributed by atoms with E-state index in [1.807, 2.05) is 50.4 Å². The summed E-state index contributed by atoms with van der Waals surface area (Å²) < 4.78 is 1.78. The Morgan fingerprint density at radius 3 is 2.62 bits per heavy atom. The second-order valence-electron chi connectivity index (χ2n) is 5.36. The lowest BCUT2D eigenvalue weighted by molar-refractivity contribution is 0.434. The quantitative estimate of drug-likeness (QED) is 0.699. The second kappa shape index (κ2) is 5.09. The summed E-state index contributed by atoms with van der Waals surface area (Å²) in [5.74, 6) is 0.240. The van der Waals surface area contributed by atoms with E-state index in [-0.39, 0.29) is 5.88 Å². The Balaban J connectivity index is 2.09. The molecule has 106 valence electrons. The number of hydrogen-bond acceptors (Lipinski definition) is 2. The number of rotatable bonds is 2. The van der Waals surface area contributed by atoms with Crippen LogP contribution in [0.2, 0.25) is 0 Å². The molecule has 0 aliphatic heterocycles. The molecule has 1 heterocycles. The Bertz CT molecular complexity index is 844. The van der Waals surface area contributed by atoms with Gasteiger partial charge in [-0.2, -0.15) is 0 Å². The summed E-state index contributed by atoms with van der Waals surface area (Å²) in [6.45, 7) is 4.11. The third-order valence-electron chi connectivity index (χ3n) is 3.80. The van der Waals surface area contributed by atoms with Crippen LogP contribution in [-0.2, 0) is 7.05 Å². The van der Waals surface area contributed by atoms with Crippen LogP contribution in [0.25, 0.3) is 10.9 Å². The summed E-state index contributed by atoms with van der Waals surface area (Å²) in [5, 5.41) is 11.3. The Morgan fingerprint density at radius 2 is 1.86 bits per heavy atom. The molecule has 0 fully saturated rings. The standard InChI is InChI=1S/C18H18N2O/c1-12-8-9-16(13(2)10-12)19-11-15-14-6-4-5-7-17(14)20(3)18(15)21/h4-11,21H,1-3H3. The lowest BCUT2D eigenvalue weighted by Gasteiger charge is -2.01. The van der Waals surface area contributed by atoms with E-state index in [9.17, 15) is 5.11 Å². The molecule has 0 amide bonds. The van der Waals surface area contributed by atoms with Gasteiger partial charge in [0.15, 0.2) is 0 Å². The average Bonchev–Trinajstić information content (AvgIpc) is 2.71. The van der Waals surface area contributed by atoms with Crippen LogP contribution in [-0.4, -0.2) is 15.9 Å². The van der Waals surface area contributed by atoms with Crippen molar-refractivity contribution in [3.05, 3.63) is 59.2 Å². The predicted octanol–water partition coefficient (Wildman–Crippen LogP) is 4.25. The summed E-state index contributed by atoms with van der Waals surface area (Å²) in [6.07, 6.45) is 1.75. The molecule has 0 bridgehead atoms. The molecular weight excluding hydrogens is 260 g/mol. The van der Waals surface area contributed by atoms with Crippen molar-refractivity contribution in [2.45, 2.75) is 13.8 Å². The molecule has 3 nitrogen and oxygen atoms in total. The first-order valence-electron chi connectivity index (χ1n) is 6.95. The van der Waals surface area contributed by atoms with Crippen LogP contribution >= 0.6 is 0 Å². The minimum Gasteiger partial charge on any atom is -0.494 e. The zero-order valence-corrected chi connectivity index (χ0v) is 12.5. The van der Waals surface area contributed by atoms with E-state index >= 15 is 0 Å². The third kappa shape index (κ3) is 2.31. The van der Waals surface area contributed by atoms with Gasteiger partial charge in [-0.25, -0.2) is 0 Å². The van der Waals surface area contributed by atoms with Crippen LogP contribution in [0.15, 0.2) is 47.5 Å². The summed E-state index contributed by atoms with van der Waals surface area (Å²) in [4.78, 5) is 4.54. The van der Waals surface area contributed by atoms with Crippen LogP contribution in [0.4, 0.5) is 5.69 Å². The average molecular weight is 278 g/mol. The molecule has 0 radical (unpaired) electrons. The highest BCUT2D eigenvalue weighted by molar-refractivity contribution is 6.03. The van der Waals surface area contributed by atoms with Crippen LogP contribution in [0.1, 0.15) is 16.7 Å². The van der Waals surface area contributed by atoms with E-state index in [2.05, 4.69) is 18.0 Å². The van der Waals surface area contributed by atoms with Gasteiger partial charge in [0.1, 0.15) is 0 Å². The molecule has 0 saturated carbocycles. The van der Waals surface area contributed by atoms with Gasteiger partial charge >= 0.3 is 0 Å². The number of hydrogen-bond donors (Lipinski definition) is 1. The van der Waals surface area contributed by atoms with Crippen molar-refractivity contribution in [1.29, 1.82) is 0 Å². The van der Waals surface area contributed by atoms with Crippen molar-refractivity contribution >= 4 is 22.8 Å². The molecule has 21 heavy (non-hydrogen) atoms. The van der Waals surface area contributed by atoms with E-state index in [1.54, 1.807) is 10.8 Å². The fraction of sp³-hybridized carbons (Fsp3) is 0.167. The van der Waals surface area contributed by atoms with Gasteiger partial charge in [0.05, 0.1) is 16.8 Å². The SMILES string of the molecule is Cc1ccc(N=Cc2c(O)n(C)c3ccccc23)c(C)c1. The number of aliphatic imine (C=N–C) groups is 1. The number of aromatic hydroxyl groups is 1. The zero-order chi connectivity index (χ0) is 15.0. The molecule has 3 aromatic rings. The molecule has 0 aliphatic carbocycles. The second-order valence-corrected chi connectivity index (χ2v) is 5.36. The van der Waals surface area contributed by atoms with E-state index in [1.165, 1.54) is 5.56 Å². The van der Waals surface area contributed by atoms with E-state index in [0.717, 1.165) is 27.7 Å². The molecule has 3 heteroatoms. The minimum absolute atomic E-state index is 0.240. The Morgan fingerprint density at radius 1 is 1.10 bits per heavy atom. The van der Waals surface area contributed by atoms with Gasteiger partial charge in [0.2, 0.25) is 5.88 Å². The van der Waals surface area contributed by atoms with Gasteiger partial charge in [0, 0.05) is 18.6 Å². The van der Waals surface area contributed by atoms with Crippen LogP contribution < -0.4 is 0 Å². The fourth-order valence-electron chi connectivity index (χ4n) is 2.62. The minimum atomic E-state index is 0.240. The molecule has 0 spiro atoms. The lowest BCUT2D eigenvalue weighted by atomic mass is 10.1. The molecule has 1 aromatic heterocycles. The lowest BCUT2D eigenvalue weighted by Crippen LogP contribution is -1.86. The maximum atomic E-state index is 10.3. The maximum Gasteiger partial charge on any atom is 0.200 e. The van der Waals surface area contributed by atoms with Crippen molar-refractivity contribution < 1.29 is 5.11 Å². The van der Waals surface area contributed by atoms with E-state index in [4.69, 9.17) is 0 Å². The number of aryl methyl sites for hydroxylation is 3. The molecule has 0 saturated heterocycles. The molecule has 2 aromatic carbocycles. The van der Waals surface area contributed by atoms with Gasteiger partial charge in [-0.15, -0.1) is 0 Å². The summed E-state index contributed by atoms with van der Waals surface area (Å²) in [5.41, 5.74) is 5.03. The molecule has 1 N–H and O–H groups in total. The van der Waals surface area contributed by atoms with Crippen LogP contribution in [0, 0.1) is 13.8 Å². The summed E-state index contributed by atoms with van der Waals surface area (Å²) in [7, 11) is 1.85. The number of nitrogens with zero attached hydrogens (tertiary/aromatic N) is 2. The van der Waals surface area contributed by atoms with Gasteiger partial charge in [-0.1, -0.05) is 35.9 Å². The van der Waals surface area contributed by atoms with Gasteiger partial charge < -0.3 is 9.67 Å². The predicted molar refractivity (Wildman–Crippen MR) is 87.8 cm³/mol. The molecule has 3 rings (SSSR count). The van der Waals surface area contributed by atoms with Crippen molar-refractivity contribution in [2.75, 3.05) is 0 Å². The van der Waals surface area contributed by atoms with Gasteiger partial charge in [-0.05, 0) is 31.5 Å². The summed E-state index contributed by atoms with van der Waals surface area (Å²) >= 11 is 0. The fourth-order valence-corrected chi connectivity index (χ4v) is 2.62. The highest BCUT2D eigenvalue weighted by atomic mass is 16.3. The first-order chi connectivity index (χ1) is 10.1. The van der Waals surface area contributed by atoms with Crippen molar-refractivity contribution in [2.24, 2.45) is 12.0 Å². The first kappa shape index (κ1) is 13.4. The van der Waals surface area contributed by atoms with Gasteiger partial charge in [0.25, 0.3) is 0 Å². The van der Waals surface area contributed by atoms with Crippen molar-refractivity contribution in [1.82, 2.24) is 4.57 Å². The Labute approximate surface area is 124 Å². The third-order valence-corrected chi connectivity index (χ3v) is 3.80. The largest absolute Gasteiger partial charge is 0.494 e. The summed E-state index contributed by atoms with van der Waals surface area (Å²) in [6, 6.07) is 14.1. The van der Waals surface area contributed by atoms with Crippen molar-refractivity contribution in [3.63, 3.8) is 0 Å². The smallest absolute Gasteiger partial charge is 0.200 e. The number of fused-ring (bicyclic) bond motifs is 1. The topological polar surface area (TPSA) is 37.5 Å². The number of aromatic nitrogens is 1. The van der Waals surface area contributed by atoms with E-state index in [0.29, 0.717) is 0 Å². The maximum absolute atomic E-state index is 10.3.